The van der Waals surface area contributed by atoms with Crippen molar-refractivity contribution in [3.05, 3.63) is 0 Å². The van der Waals surface area contributed by atoms with Crippen LogP contribution in [0, 0.1) is 11.5 Å². The van der Waals surface area contributed by atoms with E-state index in [1.54, 1.807) is 0 Å². The first-order valence-corrected chi connectivity index (χ1v) is 7.31. The molecule has 0 bridgehead atoms. The lowest BCUT2D eigenvalue weighted by atomic mass is 10.3. The first-order valence-electron chi connectivity index (χ1n) is 3.81. The number of ether oxygens (including phenoxy) is 1. The van der Waals surface area contributed by atoms with Gasteiger partial charge in [-0.15, -0.1) is 5.54 Å². The van der Waals surface area contributed by atoms with Crippen LogP contribution in [0.2, 0.25) is 19.6 Å². The molecule has 0 amide bonds. The number of rotatable bonds is 1. The van der Waals surface area contributed by atoms with E-state index in [2.05, 4.69) is 31.1 Å². The van der Waals surface area contributed by atoms with Crippen molar-refractivity contribution in [3.63, 3.8) is 0 Å². The van der Waals surface area contributed by atoms with Crippen LogP contribution in [0.5, 0.6) is 0 Å². The zero-order valence-corrected chi connectivity index (χ0v) is 8.22. The Labute approximate surface area is 68.6 Å². The average Bonchev–Trinajstić information content (AvgIpc) is 2.61. The molecule has 0 spiro atoms. The summed E-state index contributed by atoms with van der Waals surface area (Å²) in [7, 11) is -1.31. The van der Waals surface area contributed by atoms with Gasteiger partial charge in [-0.3, -0.25) is 0 Å². The van der Waals surface area contributed by atoms with Crippen molar-refractivity contribution in [2.24, 2.45) is 0 Å². The summed E-state index contributed by atoms with van der Waals surface area (Å²) in [6.07, 6.45) is -0.555. The third-order valence-electron chi connectivity index (χ3n) is 1.31. The zero-order chi connectivity index (χ0) is 8.48. The van der Waals surface area contributed by atoms with Gasteiger partial charge in [0, 0.05) is 0 Å². The summed E-state index contributed by atoms with van der Waals surface area (Å²) in [5.41, 5.74) is 3.10. The molecule has 1 aliphatic heterocycles. The van der Waals surface area contributed by atoms with Crippen LogP contribution in [0.4, 0.5) is 0 Å². The molecule has 2 nitrogen and oxygen atoms in total. The molecule has 1 aliphatic rings. The molecule has 1 rings (SSSR count). The molecule has 1 N–H and O–H groups in total. The van der Waals surface area contributed by atoms with Crippen LogP contribution >= 0.6 is 0 Å². The van der Waals surface area contributed by atoms with E-state index in [1.807, 2.05) is 0 Å². The Hall–Kier alpha value is -0.303. The van der Waals surface area contributed by atoms with Crippen molar-refractivity contribution in [2.75, 3.05) is 6.61 Å². The zero-order valence-electron chi connectivity index (χ0n) is 7.22. The molecular weight excluding hydrogens is 156 g/mol. The highest BCUT2D eigenvalue weighted by atomic mass is 28.3. The van der Waals surface area contributed by atoms with Crippen LogP contribution < -0.4 is 0 Å². The molecule has 3 heteroatoms. The lowest BCUT2D eigenvalue weighted by Crippen LogP contribution is -2.19. The standard InChI is InChI=1S/C8H14O2Si/c1-11(2,3)5-4-7(9)8-6-10-8/h7-9H,6H2,1-3H3/t7-,8+/m1/s1. The van der Waals surface area contributed by atoms with Gasteiger partial charge in [0.25, 0.3) is 0 Å². The van der Waals surface area contributed by atoms with E-state index >= 15 is 0 Å². The Morgan fingerprint density at radius 1 is 1.55 bits per heavy atom. The molecule has 0 aliphatic carbocycles. The van der Waals surface area contributed by atoms with Gasteiger partial charge in [0.2, 0.25) is 0 Å². The van der Waals surface area contributed by atoms with E-state index in [4.69, 9.17) is 4.74 Å². The van der Waals surface area contributed by atoms with Crippen LogP contribution in [0.3, 0.4) is 0 Å². The second kappa shape index (κ2) is 2.98. The fourth-order valence-corrected chi connectivity index (χ4v) is 1.20. The van der Waals surface area contributed by atoms with Gasteiger partial charge in [0.05, 0.1) is 6.61 Å². The Bertz CT molecular complexity index is 192. The average molecular weight is 170 g/mol. The molecule has 0 aromatic carbocycles. The van der Waals surface area contributed by atoms with Crippen LogP contribution in [-0.4, -0.2) is 32.0 Å². The minimum absolute atomic E-state index is 0.00106. The molecule has 2 atom stereocenters. The Kier molecular flexibility index (Phi) is 2.38. The van der Waals surface area contributed by atoms with Gasteiger partial charge < -0.3 is 9.84 Å². The largest absolute Gasteiger partial charge is 0.378 e. The van der Waals surface area contributed by atoms with Crippen LogP contribution in [0.15, 0.2) is 0 Å². The molecule has 62 valence electrons. The van der Waals surface area contributed by atoms with Crippen molar-refractivity contribution in [3.8, 4) is 11.5 Å². The lowest BCUT2D eigenvalue weighted by molar-refractivity contribution is 0.186. The Balaban J connectivity index is 2.41. The summed E-state index contributed by atoms with van der Waals surface area (Å²) in [4.78, 5) is 0. The predicted octanol–water partition coefficient (Wildman–Crippen LogP) is 0.627. The Morgan fingerprint density at radius 2 is 2.09 bits per heavy atom. The monoisotopic (exact) mass is 170 g/mol. The molecular formula is C8H14O2Si. The fourth-order valence-electron chi connectivity index (χ4n) is 0.621. The van der Waals surface area contributed by atoms with E-state index in [9.17, 15) is 5.11 Å². The van der Waals surface area contributed by atoms with Crippen molar-refractivity contribution in [2.45, 2.75) is 31.8 Å². The normalized spacial score (nSPS) is 25.3. The van der Waals surface area contributed by atoms with E-state index < -0.39 is 14.2 Å². The molecule has 11 heavy (non-hydrogen) atoms. The molecule has 0 saturated carbocycles. The van der Waals surface area contributed by atoms with Gasteiger partial charge in [-0.05, 0) is 0 Å². The number of hydrogen-bond donors (Lipinski definition) is 1. The van der Waals surface area contributed by atoms with Gasteiger partial charge in [0.15, 0.2) is 0 Å². The maximum atomic E-state index is 9.28. The highest BCUT2D eigenvalue weighted by Crippen LogP contribution is 2.13. The molecule has 0 unspecified atom stereocenters. The minimum Gasteiger partial charge on any atom is -0.378 e. The number of hydrogen-bond acceptors (Lipinski definition) is 2. The first kappa shape index (κ1) is 8.79. The first-order chi connectivity index (χ1) is 4.99. The SMILES string of the molecule is C[Si](C)(C)C#C[C@@H](O)[C@@H]1CO1. The minimum atomic E-state index is -1.31. The topological polar surface area (TPSA) is 32.8 Å². The summed E-state index contributed by atoms with van der Waals surface area (Å²) in [6, 6.07) is 0. The van der Waals surface area contributed by atoms with E-state index in [0.29, 0.717) is 6.61 Å². The van der Waals surface area contributed by atoms with Crippen molar-refractivity contribution in [1.29, 1.82) is 0 Å². The summed E-state index contributed by atoms with van der Waals surface area (Å²) < 4.78 is 4.90. The van der Waals surface area contributed by atoms with Gasteiger partial charge >= 0.3 is 0 Å². The van der Waals surface area contributed by atoms with E-state index in [0.717, 1.165) is 0 Å². The van der Waals surface area contributed by atoms with Gasteiger partial charge in [-0.2, -0.15) is 0 Å². The number of aliphatic hydroxyl groups is 1. The smallest absolute Gasteiger partial charge is 0.142 e. The van der Waals surface area contributed by atoms with Crippen LogP contribution in [-0.2, 0) is 4.74 Å². The molecule has 1 fully saturated rings. The summed E-state index contributed by atoms with van der Waals surface area (Å²) in [5.74, 6) is 2.83. The third kappa shape index (κ3) is 3.56. The molecule has 1 saturated heterocycles. The summed E-state index contributed by atoms with van der Waals surface area (Å²) >= 11 is 0. The maximum Gasteiger partial charge on any atom is 0.142 e. The molecule has 0 aromatic rings. The number of epoxide rings is 1. The third-order valence-corrected chi connectivity index (χ3v) is 2.20. The van der Waals surface area contributed by atoms with Gasteiger partial charge in [-0.1, -0.05) is 25.6 Å². The van der Waals surface area contributed by atoms with Crippen molar-refractivity contribution >= 4 is 8.07 Å². The highest BCUT2D eigenvalue weighted by Gasteiger charge is 2.30. The quantitative estimate of drug-likeness (QED) is 0.355. The Morgan fingerprint density at radius 3 is 2.45 bits per heavy atom. The summed E-state index contributed by atoms with van der Waals surface area (Å²) in [6.45, 7) is 7.13. The van der Waals surface area contributed by atoms with Crippen LogP contribution in [0.25, 0.3) is 0 Å². The van der Waals surface area contributed by atoms with E-state index in [-0.39, 0.29) is 6.10 Å². The van der Waals surface area contributed by atoms with E-state index in [1.165, 1.54) is 0 Å². The maximum absolute atomic E-state index is 9.28. The second-order valence-electron chi connectivity index (χ2n) is 3.84. The lowest BCUT2D eigenvalue weighted by Gasteiger charge is -2.04. The van der Waals surface area contributed by atoms with Gasteiger partial charge in [0.1, 0.15) is 20.3 Å². The fraction of sp³-hybridized carbons (Fsp3) is 0.750. The molecule has 1 heterocycles. The van der Waals surface area contributed by atoms with Crippen molar-refractivity contribution in [1.82, 2.24) is 0 Å². The van der Waals surface area contributed by atoms with Crippen LogP contribution in [0.1, 0.15) is 0 Å². The summed E-state index contributed by atoms with van der Waals surface area (Å²) in [5, 5.41) is 9.28. The van der Waals surface area contributed by atoms with Gasteiger partial charge in [-0.25, -0.2) is 0 Å². The molecule has 0 aromatic heterocycles. The van der Waals surface area contributed by atoms with Crippen molar-refractivity contribution < 1.29 is 9.84 Å². The highest BCUT2D eigenvalue weighted by molar-refractivity contribution is 6.83. The second-order valence-corrected chi connectivity index (χ2v) is 8.59. The molecule has 0 radical (unpaired) electrons. The predicted molar refractivity (Wildman–Crippen MR) is 46.9 cm³/mol. The number of aliphatic hydroxyl groups excluding tert-OH is 1.